The fourth-order valence-corrected chi connectivity index (χ4v) is 3.46. The molecule has 7 heteroatoms. The highest BCUT2D eigenvalue weighted by Gasteiger charge is 2.20. The maximum absolute atomic E-state index is 12.9. The molecule has 1 aliphatic heterocycles. The Balaban J connectivity index is 1.63. The standard InChI is InChI=1S/C21H21N3O3S/c1-24-13-17(21(25)22-15-5-7-16(28-2)8-6-15)20(23-24)14-4-9-18-19(12-14)27-11-3-10-26-18/h4-9,12-13H,3,10-11H2,1-2H3,(H,22,25). The van der Waals surface area contributed by atoms with Crippen molar-refractivity contribution in [1.29, 1.82) is 0 Å². The SMILES string of the molecule is CSc1ccc(NC(=O)c2cn(C)nc2-c2ccc3c(c2)OCCCO3)cc1. The highest BCUT2D eigenvalue weighted by Crippen LogP contribution is 2.35. The minimum absolute atomic E-state index is 0.202. The molecule has 1 aliphatic rings. The molecule has 0 unspecified atom stereocenters. The Morgan fingerprint density at radius 3 is 2.61 bits per heavy atom. The van der Waals surface area contributed by atoms with E-state index in [0.717, 1.165) is 28.3 Å². The number of hydrogen-bond donors (Lipinski definition) is 1. The van der Waals surface area contributed by atoms with E-state index >= 15 is 0 Å². The molecule has 4 rings (SSSR count). The van der Waals surface area contributed by atoms with E-state index < -0.39 is 0 Å². The predicted octanol–water partition coefficient (Wildman–Crippen LogP) is 4.22. The van der Waals surface area contributed by atoms with E-state index in [1.54, 1.807) is 29.7 Å². The normalized spacial score (nSPS) is 13.1. The van der Waals surface area contributed by atoms with E-state index in [1.165, 1.54) is 0 Å². The highest BCUT2D eigenvalue weighted by atomic mass is 32.2. The fourth-order valence-electron chi connectivity index (χ4n) is 3.05. The van der Waals surface area contributed by atoms with E-state index in [0.29, 0.717) is 30.2 Å². The summed E-state index contributed by atoms with van der Waals surface area (Å²) in [4.78, 5) is 14.0. The lowest BCUT2D eigenvalue weighted by Crippen LogP contribution is -2.12. The minimum Gasteiger partial charge on any atom is -0.490 e. The zero-order valence-corrected chi connectivity index (χ0v) is 16.6. The van der Waals surface area contributed by atoms with E-state index in [9.17, 15) is 4.79 Å². The number of carbonyl (C=O) groups is 1. The number of aryl methyl sites for hydroxylation is 1. The third kappa shape index (κ3) is 3.84. The van der Waals surface area contributed by atoms with Gasteiger partial charge in [-0.1, -0.05) is 0 Å². The van der Waals surface area contributed by atoms with Crippen LogP contribution in [0.25, 0.3) is 11.3 Å². The first-order chi connectivity index (χ1) is 13.6. The van der Waals surface area contributed by atoms with Gasteiger partial charge in [-0.3, -0.25) is 9.48 Å². The number of anilines is 1. The number of nitrogens with zero attached hydrogens (tertiary/aromatic N) is 2. The number of amides is 1. The molecule has 0 bridgehead atoms. The van der Waals surface area contributed by atoms with Crippen molar-refractivity contribution in [3.63, 3.8) is 0 Å². The van der Waals surface area contributed by atoms with Gasteiger partial charge in [-0.2, -0.15) is 5.10 Å². The van der Waals surface area contributed by atoms with Crippen LogP contribution in [0.15, 0.2) is 53.6 Å². The molecule has 0 radical (unpaired) electrons. The Morgan fingerprint density at radius 2 is 1.86 bits per heavy atom. The van der Waals surface area contributed by atoms with Gasteiger partial charge in [0, 0.05) is 35.8 Å². The number of nitrogens with one attached hydrogen (secondary N) is 1. The Hall–Kier alpha value is -2.93. The van der Waals surface area contributed by atoms with Crippen LogP contribution in [0.4, 0.5) is 5.69 Å². The topological polar surface area (TPSA) is 65.4 Å². The number of aromatic nitrogens is 2. The molecule has 0 fully saturated rings. The number of benzene rings is 2. The van der Waals surface area contributed by atoms with Crippen molar-refractivity contribution in [2.75, 3.05) is 24.8 Å². The molecule has 0 spiro atoms. The molecule has 0 saturated carbocycles. The summed E-state index contributed by atoms with van der Waals surface area (Å²) in [6, 6.07) is 13.4. The number of rotatable bonds is 4. The van der Waals surface area contributed by atoms with Gasteiger partial charge in [0.15, 0.2) is 11.5 Å². The van der Waals surface area contributed by atoms with Crippen LogP contribution in [-0.2, 0) is 7.05 Å². The average molecular weight is 395 g/mol. The second-order valence-electron chi connectivity index (χ2n) is 6.46. The molecular formula is C21H21N3O3S. The Kier molecular flexibility index (Phi) is 5.25. The van der Waals surface area contributed by atoms with Crippen molar-refractivity contribution in [1.82, 2.24) is 9.78 Å². The number of fused-ring (bicyclic) bond motifs is 1. The quantitative estimate of drug-likeness (QED) is 0.670. The first-order valence-corrected chi connectivity index (χ1v) is 10.3. The zero-order chi connectivity index (χ0) is 19.5. The highest BCUT2D eigenvalue weighted by molar-refractivity contribution is 7.98. The second-order valence-corrected chi connectivity index (χ2v) is 7.34. The number of thioether (sulfide) groups is 1. The molecule has 0 aliphatic carbocycles. The minimum atomic E-state index is -0.202. The van der Waals surface area contributed by atoms with Crippen molar-refractivity contribution in [3.8, 4) is 22.8 Å². The Bertz CT molecular complexity index is 999. The van der Waals surface area contributed by atoms with E-state index in [1.807, 2.05) is 48.7 Å². The van der Waals surface area contributed by atoms with Crippen molar-refractivity contribution in [3.05, 3.63) is 54.2 Å². The van der Waals surface area contributed by atoms with Crippen molar-refractivity contribution < 1.29 is 14.3 Å². The summed E-state index contributed by atoms with van der Waals surface area (Å²) < 4.78 is 13.1. The second kappa shape index (κ2) is 7.98. The lowest BCUT2D eigenvalue weighted by Gasteiger charge is -2.10. The van der Waals surface area contributed by atoms with E-state index in [4.69, 9.17) is 9.47 Å². The lowest BCUT2D eigenvalue weighted by molar-refractivity contribution is 0.102. The van der Waals surface area contributed by atoms with Crippen LogP contribution in [0.3, 0.4) is 0 Å². The predicted molar refractivity (Wildman–Crippen MR) is 110 cm³/mol. The zero-order valence-electron chi connectivity index (χ0n) is 15.8. The van der Waals surface area contributed by atoms with Crippen molar-refractivity contribution in [2.45, 2.75) is 11.3 Å². The van der Waals surface area contributed by atoms with Crippen LogP contribution in [0.5, 0.6) is 11.5 Å². The molecule has 2 aromatic carbocycles. The fraction of sp³-hybridized carbons (Fsp3) is 0.238. The van der Waals surface area contributed by atoms with Crippen molar-refractivity contribution in [2.24, 2.45) is 7.05 Å². The summed E-state index contributed by atoms with van der Waals surface area (Å²) in [6.45, 7) is 1.25. The van der Waals surface area contributed by atoms with Gasteiger partial charge >= 0.3 is 0 Å². The summed E-state index contributed by atoms with van der Waals surface area (Å²) in [5.74, 6) is 1.20. The summed E-state index contributed by atoms with van der Waals surface area (Å²) in [6.07, 6.45) is 4.59. The number of carbonyl (C=O) groups excluding carboxylic acids is 1. The van der Waals surface area contributed by atoms with Crippen LogP contribution in [0.2, 0.25) is 0 Å². The molecule has 2 heterocycles. The molecule has 144 valence electrons. The monoisotopic (exact) mass is 395 g/mol. The first-order valence-electron chi connectivity index (χ1n) is 9.03. The third-order valence-electron chi connectivity index (χ3n) is 4.44. The van der Waals surface area contributed by atoms with Gasteiger partial charge in [-0.15, -0.1) is 11.8 Å². The van der Waals surface area contributed by atoms with E-state index in [2.05, 4.69) is 10.4 Å². The van der Waals surface area contributed by atoms with Gasteiger partial charge in [-0.25, -0.2) is 0 Å². The van der Waals surface area contributed by atoms with Gasteiger partial charge in [0.1, 0.15) is 5.69 Å². The average Bonchev–Trinajstić information content (AvgIpc) is 2.95. The molecule has 6 nitrogen and oxygen atoms in total. The van der Waals surface area contributed by atoms with Crippen LogP contribution in [-0.4, -0.2) is 35.2 Å². The largest absolute Gasteiger partial charge is 0.490 e. The first kappa shape index (κ1) is 18.4. The smallest absolute Gasteiger partial charge is 0.259 e. The molecular weight excluding hydrogens is 374 g/mol. The molecule has 3 aromatic rings. The van der Waals surface area contributed by atoms with Crippen LogP contribution >= 0.6 is 11.8 Å². The third-order valence-corrected chi connectivity index (χ3v) is 5.19. The van der Waals surface area contributed by atoms with Gasteiger partial charge in [0.05, 0.1) is 18.8 Å². The molecule has 0 atom stereocenters. The summed E-state index contributed by atoms with van der Waals surface area (Å²) >= 11 is 1.66. The van der Waals surface area contributed by atoms with Gasteiger partial charge in [-0.05, 0) is 48.7 Å². The summed E-state index contributed by atoms with van der Waals surface area (Å²) in [5, 5.41) is 7.45. The maximum Gasteiger partial charge on any atom is 0.259 e. The van der Waals surface area contributed by atoms with Gasteiger partial charge < -0.3 is 14.8 Å². The summed E-state index contributed by atoms with van der Waals surface area (Å²) in [5.41, 5.74) is 2.67. The molecule has 28 heavy (non-hydrogen) atoms. The maximum atomic E-state index is 12.9. The number of ether oxygens (including phenoxy) is 2. The van der Waals surface area contributed by atoms with Gasteiger partial charge in [0.25, 0.3) is 5.91 Å². The molecule has 1 aromatic heterocycles. The van der Waals surface area contributed by atoms with Crippen molar-refractivity contribution >= 4 is 23.4 Å². The lowest BCUT2D eigenvalue weighted by atomic mass is 10.1. The van der Waals surface area contributed by atoms with Crippen LogP contribution in [0, 0.1) is 0 Å². The Morgan fingerprint density at radius 1 is 1.11 bits per heavy atom. The summed E-state index contributed by atoms with van der Waals surface area (Å²) in [7, 11) is 1.80. The molecule has 1 amide bonds. The Labute approximate surface area is 167 Å². The van der Waals surface area contributed by atoms with Gasteiger partial charge in [0.2, 0.25) is 0 Å². The van der Waals surface area contributed by atoms with E-state index in [-0.39, 0.29) is 5.91 Å². The van der Waals surface area contributed by atoms with Crippen LogP contribution < -0.4 is 14.8 Å². The number of hydrogen-bond acceptors (Lipinski definition) is 5. The molecule has 1 N–H and O–H groups in total. The van der Waals surface area contributed by atoms with Crippen LogP contribution in [0.1, 0.15) is 16.8 Å². The molecule has 0 saturated heterocycles.